The zero-order valence-electron chi connectivity index (χ0n) is 9.15. The molecular formula is C12H13NO3. The van der Waals surface area contributed by atoms with Crippen LogP contribution in [-0.4, -0.2) is 17.0 Å². The van der Waals surface area contributed by atoms with E-state index in [0.717, 1.165) is 0 Å². The number of nitrogens with one attached hydrogen (secondary N) is 1. The number of hydrogen-bond acceptors (Lipinski definition) is 2. The van der Waals surface area contributed by atoms with Gasteiger partial charge < -0.3 is 10.4 Å². The van der Waals surface area contributed by atoms with Crippen molar-refractivity contribution in [3.05, 3.63) is 35.4 Å². The van der Waals surface area contributed by atoms with Gasteiger partial charge in [0.25, 0.3) is 0 Å². The first-order chi connectivity index (χ1) is 7.50. The van der Waals surface area contributed by atoms with Crippen LogP contribution >= 0.6 is 0 Å². The van der Waals surface area contributed by atoms with Crippen molar-refractivity contribution in [3.8, 4) is 0 Å². The standard InChI is InChI=1S/C12H13NO3/c1-8(12(15)16)7-10-5-3-4-6-11(10)13-9(2)14/h3-7H,1-2H3,(H,13,14)(H,15,16)/b8-7-. The van der Waals surface area contributed by atoms with E-state index in [9.17, 15) is 9.59 Å². The molecule has 0 spiro atoms. The monoisotopic (exact) mass is 219 g/mol. The number of rotatable bonds is 3. The topological polar surface area (TPSA) is 66.4 Å². The maximum absolute atomic E-state index is 10.9. The van der Waals surface area contributed by atoms with E-state index in [-0.39, 0.29) is 11.5 Å². The lowest BCUT2D eigenvalue weighted by molar-refractivity contribution is -0.132. The highest BCUT2D eigenvalue weighted by Crippen LogP contribution is 2.18. The summed E-state index contributed by atoms with van der Waals surface area (Å²) in [4.78, 5) is 21.6. The fourth-order valence-electron chi connectivity index (χ4n) is 1.22. The minimum Gasteiger partial charge on any atom is -0.478 e. The van der Waals surface area contributed by atoms with E-state index in [1.165, 1.54) is 19.9 Å². The molecule has 0 unspecified atom stereocenters. The Balaban J connectivity index is 3.08. The van der Waals surface area contributed by atoms with Crippen molar-refractivity contribution < 1.29 is 14.7 Å². The quantitative estimate of drug-likeness (QED) is 0.765. The molecule has 0 radical (unpaired) electrons. The molecule has 0 aromatic heterocycles. The van der Waals surface area contributed by atoms with Crippen LogP contribution in [0, 0.1) is 0 Å². The van der Waals surface area contributed by atoms with Gasteiger partial charge >= 0.3 is 5.97 Å². The van der Waals surface area contributed by atoms with Crippen LogP contribution in [0.4, 0.5) is 5.69 Å². The molecule has 84 valence electrons. The fourth-order valence-corrected chi connectivity index (χ4v) is 1.22. The molecule has 0 heterocycles. The van der Waals surface area contributed by atoms with E-state index in [1.54, 1.807) is 24.3 Å². The van der Waals surface area contributed by atoms with Crippen LogP contribution in [0.1, 0.15) is 19.4 Å². The van der Waals surface area contributed by atoms with Gasteiger partial charge in [-0.2, -0.15) is 0 Å². The third kappa shape index (κ3) is 3.24. The van der Waals surface area contributed by atoms with Crippen molar-refractivity contribution in [1.82, 2.24) is 0 Å². The summed E-state index contributed by atoms with van der Waals surface area (Å²) in [5.74, 6) is -1.16. The van der Waals surface area contributed by atoms with E-state index >= 15 is 0 Å². The lowest BCUT2D eigenvalue weighted by atomic mass is 10.1. The third-order valence-electron chi connectivity index (χ3n) is 1.98. The molecule has 0 atom stereocenters. The minimum absolute atomic E-state index is 0.186. The van der Waals surface area contributed by atoms with Gasteiger partial charge in [0, 0.05) is 18.2 Å². The molecule has 1 amide bonds. The van der Waals surface area contributed by atoms with E-state index < -0.39 is 5.97 Å². The van der Waals surface area contributed by atoms with Gasteiger partial charge in [0.15, 0.2) is 0 Å². The van der Waals surface area contributed by atoms with Crippen molar-refractivity contribution in [3.63, 3.8) is 0 Å². The van der Waals surface area contributed by atoms with Gasteiger partial charge in [0.1, 0.15) is 0 Å². The van der Waals surface area contributed by atoms with E-state index in [1.807, 2.05) is 0 Å². The largest absolute Gasteiger partial charge is 0.478 e. The van der Waals surface area contributed by atoms with Crippen molar-refractivity contribution >= 4 is 23.6 Å². The van der Waals surface area contributed by atoms with Crippen molar-refractivity contribution in [1.29, 1.82) is 0 Å². The van der Waals surface area contributed by atoms with Gasteiger partial charge in [-0.15, -0.1) is 0 Å². The van der Waals surface area contributed by atoms with Gasteiger partial charge in [-0.1, -0.05) is 18.2 Å². The summed E-state index contributed by atoms with van der Waals surface area (Å²) in [5, 5.41) is 11.4. The van der Waals surface area contributed by atoms with Gasteiger partial charge in [-0.3, -0.25) is 4.79 Å². The smallest absolute Gasteiger partial charge is 0.331 e. The molecule has 0 saturated heterocycles. The summed E-state index contributed by atoms with van der Waals surface area (Å²) in [6.45, 7) is 2.91. The summed E-state index contributed by atoms with van der Waals surface area (Å²) in [6.07, 6.45) is 1.52. The lowest BCUT2D eigenvalue weighted by Crippen LogP contribution is -2.07. The molecule has 1 aromatic rings. The zero-order valence-corrected chi connectivity index (χ0v) is 9.15. The Hall–Kier alpha value is -2.10. The maximum Gasteiger partial charge on any atom is 0.331 e. The SMILES string of the molecule is CC(=O)Nc1ccccc1/C=C(/C)C(=O)O. The molecule has 2 N–H and O–H groups in total. The summed E-state index contributed by atoms with van der Waals surface area (Å²) in [7, 11) is 0. The molecule has 0 aliphatic carbocycles. The Kier molecular flexibility index (Phi) is 3.83. The van der Waals surface area contributed by atoms with Crippen LogP contribution in [0.15, 0.2) is 29.8 Å². The van der Waals surface area contributed by atoms with Crippen LogP contribution in [-0.2, 0) is 9.59 Å². The Morgan fingerprint density at radius 1 is 1.25 bits per heavy atom. The molecule has 4 nitrogen and oxygen atoms in total. The van der Waals surface area contributed by atoms with Gasteiger partial charge in [0.05, 0.1) is 0 Å². The van der Waals surface area contributed by atoms with Crippen LogP contribution < -0.4 is 5.32 Å². The number of carbonyl (C=O) groups is 2. The second kappa shape index (κ2) is 5.11. The predicted octanol–water partition coefficient (Wildman–Crippen LogP) is 2.13. The van der Waals surface area contributed by atoms with Crippen LogP contribution in [0.5, 0.6) is 0 Å². The van der Waals surface area contributed by atoms with Crippen LogP contribution in [0.3, 0.4) is 0 Å². The fraction of sp³-hybridized carbons (Fsp3) is 0.167. The number of para-hydroxylation sites is 1. The summed E-state index contributed by atoms with van der Waals surface area (Å²) < 4.78 is 0. The highest BCUT2D eigenvalue weighted by molar-refractivity contribution is 5.95. The molecule has 1 rings (SSSR count). The van der Waals surface area contributed by atoms with Gasteiger partial charge in [0.2, 0.25) is 5.91 Å². The summed E-state index contributed by atoms with van der Waals surface area (Å²) >= 11 is 0. The number of anilines is 1. The van der Waals surface area contributed by atoms with Gasteiger partial charge in [-0.25, -0.2) is 4.79 Å². The van der Waals surface area contributed by atoms with Crippen molar-refractivity contribution in [2.75, 3.05) is 5.32 Å². The van der Waals surface area contributed by atoms with Crippen molar-refractivity contribution in [2.45, 2.75) is 13.8 Å². The molecule has 0 fully saturated rings. The number of benzene rings is 1. The first kappa shape index (κ1) is 12.0. The Morgan fingerprint density at radius 2 is 1.88 bits per heavy atom. The van der Waals surface area contributed by atoms with Crippen LogP contribution in [0.2, 0.25) is 0 Å². The molecular weight excluding hydrogens is 206 g/mol. The first-order valence-corrected chi connectivity index (χ1v) is 4.79. The Labute approximate surface area is 93.6 Å². The number of carboxylic acid groups (broad SMARTS) is 1. The van der Waals surface area contributed by atoms with E-state index in [4.69, 9.17) is 5.11 Å². The molecule has 0 bridgehead atoms. The number of hydrogen-bond donors (Lipinski definition) is 2. The second-order valence-corrected chi connectivity index (χ2v) is 3.40. The Bertz CT molecular complexity index is 449. The number of carbonyl (C=O) groups excluding carboxylic acids is 1. The first-order valence-electron chi connectivity index (χ1n) is 4.79. The highest BCUT2D eigenvalue weighted by atomic mass is 16.4. The van der Waals surface area contributed by atoms with E-state index in [2.05, 4.69) is 5.32 Å². The highest BCUT2D eigenvalue weighted by Gasteiger charge is 2.04. The normalized spacial score (nSPS) is 11.0. The lowest BCUT2D eigenvalue weighted by Gasteiger charge is -2.06. The minimum atomic E-state index is -0.974. The maximum atomic E-state index is 10.9. The molecule has 1 aromatic carbocycles. The van der Waals surface area contributed by atoms with Crippen LogP contribution in [0.25, 0.3) is 6.08 Å². The number of carboxylic acids is 1. The summed E-state index contributed by atoms with van der Waals surface area (Å²) in [6, 6.07) is 7.03. The number of aliphatic carboxylic acids is 1. The van der Waals surface area contributed by atoms with Gasteiger partial charge in [-0.05, 0) is 24.6 Å². The van der Waals surface area contributed by atoms with E-state index in [0.29, 0.717) is 11.3 Å². The molecule has 16 heavy (non-hydrogen) atoms. The summed E-state index contributed by atoms with van der Waals surface area (Å²) in [5.41, 5.74) is 1.51. The number of amides is 1. The molecule has 4 heteroatoms. The molecule has 0 saturated carbocycles. The Morgan fingerprint density at radius 3 is 2.44 bits per heavy atom. The average molecular weight is 219 g/mol. The molecule has 0 aliphatic rings. The average Bonchev–Trinajstić information content (AvgIpc) is 2.20. The molecule has 0 aliphatic heterocycles. The van der Waals surface area contributed by atoms with Crippen molar-refractivity contribution in [2.24, 2.45) is 0 Å². The third-order valence-corrected chi connectivity index (χ3v) is 1.98. The predicted molar refractivity (Wildman–Crippen MR) is 62.0 cm³/mol. The zero-order chi connectivity index (χ0) is 12.1. The second-order valence-electron chi connectivity index (χ2n) is 3.40.